The number of unbranched alkanes of at least 4 members (excludes halogenated alkanes) is 59. The summed E-state index contributed by atoms with van der Waals surface area (Å²) in [5.74, 6) is -0.817. The Kier molecular flexibility index (Phi) is 68.5. The first-order valence-corrected chi connectivity index (χ1v) is 37.0. The normalized spacial score (nSPS) is 11.9. The maximum absolute atomic E-state index is 13.0. The fourth-order valence-corrected chi connectivity index (χ4v) is 11.8. The molecule has 0 aliphatic carbocycles. The lowest BCUT2D eigenvalue weighted by atomic mass is 10.0. The highest BCUT2D eigenvalue weighted by Crippen LogP contribution is 2.20. The van der Waals surface area contributed by atoms with Crippen LogP contribution in [-0.2, 0) is 28.6 Å². The van der Waals surface area contributed by atoms with E-state index in [-0.39, 0.29) is 31.1 Å². The fraction of sp³-hybridized carbons (Fsp3) is 0.959. The van der Waals surface area contributed by atoms with Crippen molar-refractivity contribution < 1.29 is 28.6 Å². The van der Waals surface area contributed by atoms with Crippen LogP contribution in [0.15, 0.2) is 0 Å². The molecule has 0 aliphatic rings. The predicted octanol–water partition coefficient (Wildman–Crippen LogP) is 25.4. The van der Waals surface area contributed by atoms with Crippen LogP contribution in [0.2, 0.25) is 0 Å². The van der Waals surface area contributed by atoms with E-state index in [2.05, 4.69) is 20.8 Å². The molecule has 0 saturated heterocycles. The molecular formula is C74H144O6. The molecule has 6 heteroatoms. The van der Waals surface area contributed by atoms with Gasteiger partial charge in [0.1, 0.15) is 13.2 Å². The van der Waals surface area contributed by atoms with Crippen LogP contribution in [0.4, 0.5) is 0 Å². The van der Waals surface area contributed by atoms with Gasteiger partial charge in [0, 0.05) is 19.3 Å². The van der Waals surface area contributed by atoms with Gasteiger partial charge in [-0.05, 0) is 19.3 Å². The van der Waals surface area contributed by atoms with Crippen molar-refractivity contribution in [2.75, 3.05) is 13.2 Å². The van der Waals surface area contributed by atoms with Crippen LogP contribution in [0.3, 0.4) is 0 Å². The number of carbonyl (C=O) groups is 3. The molecule has 6 nitrogen and oxygen atoms in total. The molecular weight excluding hydrogens is 985 g/mol. The van der Waals surface area contributed by atoms with Gasteiger partial charge in [0.05, 0.1) is 0 Å². The van der Waals surface area contributed by atoms with Gasteiger partial charge in [-0.3, -0.25) is 14.4 Å². The van der Waals surface area contributed by atoms with Crippen LogP contribution in [0.25, 0.3) is 0 Å². The Hall–Kier alpha value is -1.59. The average molecular weight is 1130 g/mol. The zero-order valence-electron chi connectivity index (χ0n) is 54.9. The highest BCUT2D eigenvalue weighted by atomic mass is 16.6. The molecule has 0 aromatic carbocycles. The smallest absolute Gasteiger partial charge is 0.306 e. The van der Waals surface area contributed by atoms with Crippen molar-refractivity contribution in [3.8, 4) is 0 Å². The molecule has 0 rings (SSSR count). The average Bonchev–Trinajstić information content (AvgIpc) is 3.46. The van der Waals surface area contributed by atoms with E-state index in [1.165, 1.54) is 340 Å². The summed E-state index contributed by atoms with van der Waals surface area (Å²) < 4.78 is 17.0. The van der Waals surface area contributed by atoms with Crippen LogP contribution < -0.4 is 0 Å². The van der Waals surface area contributed by atoms with E-state index in [1.54, 1.807) is 0 Å². The van der Waals surface area contributed by atoms with Crippen molar-refractivity contribution >= 4 is 17.9 Å². The molecule has 0 bridgehead atoms. The molecule has 0 heterocycles. The van der Waals surface area contributed by atoms with E-state index in [9.17, 15) is 14.4 Å². The highest BCUT2D eigenvalue weighted by Gasteiger charge is 2.20. The van der Waals surface area contributed by atoms with Crippen molar-refractivity contribution in [2.24, 2.45) is 0 Å². The third-order valence-corrected chi connectivity index (χ3v) is 17.4. The van der Waals surface area contributed by atoms with Crippen LogP contribution >= 0.6 is 0 Å². The molecule has 1 atom stereocenters. The van der Waals surface area contributed by atoms with E-state index in [1.807, 2.05) is 0 Å². The third kappa shape index (κ3) is 67.2. The number of rotatable bonds is 70. The molecule has 0 N–H and O–H groups in total. The number of carbonyl (C=O) groups excluding carboxylic acids is 3. The Labute approximate surface area is 501 Å². The Balaban J connectivity index is 4.17. The zero-order chi connectivity index (χ0) is 57.8. The topological polar surface area (TPSA) is 78.9 Å². The molecule has 0 spiro atoms. The molecule has 0 amide bonds. The third-order valence-electron chi connectivity index (χ3n) is 17.4. The molecule has 1 unspecified atom stereocenters. The second-order valence-electron chi connectivity index (χ2n) is 25.6. The number of hydrogen-bond acceptors (Lipinski definition) is 6. The Morgan fingerprint density at radius 1 is 0.200 bits per heavy atom. The second kappa shape index (κ2) is 69.9. The molecule has 80 heavy (non-hydrogen) atoms. The Morgan fingerprint density at radius 3 is 0.500 bits per heavy atom. The summed E-state index contributed by atoms with van der Waals surface area (Å²) in [6, 6.07) is 0. The number of hydrogen-bond donors (Lipinski definition) is 0. The van der Waals surface area contributed by atoms with Gasteiger partial charge in [-0.25, -0.2) is 0 Å². The maximum atomic E-state index is 13.0. The van der Waals surface area contributed by atoms with Gasteiger partial charge in [-0.15, -0.1) is 0 Å². The number of esters is 3. The van der Waals surface area contributed by atoms with Gasteiger partial charge in [0.2, 0.25) is 0 Å². The van der Waals surface area contributed by atoms with Crippen molar-refractivity contribution in [3.63, 3.8) is 0 Å². The first-order valence-electron chi connectivity index (χ1n) is 37.0. The summed E-state index contributed by atoms with van der Waals surface area (Å²) in [6.45, 7) is 6.75. The molecule has 0 fully saturated rings. The lowest BCUT2D eigenvalue weighted by Gasteiger charge is -2.18. The van der Waals surface area contributed by atoms with Crippen molar-refractivity contribution in [2.45, 2.75) is 444 Å². The van der Waals surface area contributed by atoms with E-state index >= 15 is 0 Å². The number of ether oxygens (including phenoxy) is 3. The van der Waals surface area contributed by atoms with Crippen LogP contribution in [0, 0.1) is 0 Å². The van der Waals surface area contributed by atoms with Gasteiger partial charge in [0.25, 0.3) is 0 Å². The van der Waals surface area contributed by atoms with Crippen LogP contribution in [0.5, 0.6) is 0 Å². The molecule has 0 aliphatic heterocycles. The van der Waals surface area contributed by atoms with Crippen molar-refractivity contribution in [1.29, 1.82) is 0 Å². The lowest BCUT2D eigenvalue weighted by molar-refractivity contribution is -0.167. The lowest BCUT2D eigenvalue weighted by Crippen LogP contribution is -2.30. The van der Waals surface area contributed by atoms with Gasteiger partial charge < -0.3 is 14.2 Å². The molecule has 0 aromatic rings. The maximum Gasteiger partial charge on any atom is 0.306 e. The van der Waals surface area contributed by atoms with Gasteiger partial charge in [0.15, 0.2) is 6.10 Å². The van der Waals surface area contributed by atoms with Crippen LogP contribution in [-0.4, -0.2) is 37.2 Å². The quantitative estimate of drug-likeness (QED) is 0.0343. The second-order valence-corrected chi connectivity index (χ2v) is 25.6. The Morgan fingerprint density at radius 2 is 0.338 bits per heavy atom. The van der Waals surface area contributed by atoms with Gasteiger partial charge >= 0.3 is 17.9 Å². The van der Waals surface area contributed by atoms with Crippen molar-refractivity contribution in [3.05, 3.63) is 0 Å². The fourth-order valence-electron chi connectivity index (χ4n) is 11.8. The molecule has 0 saturated carbocycles. The minimum absolute atomic E-state index is 0.0600. The summed E-state index contributed by atoms with van der Waals surface area (Å²) in [6.07, 6.45) is 82.9. The molecule has 476 valence electrons. The summed E-state index contributed by atoms with van der Waals surface area (Å²) in [5, 5.41) is 0. The summed E-state index contributed by atoms with van der Waals surface area (Å²) >= 11 is 0. The van der Waals surface area contributed by atoms with E-state index in [0.29, 0.717) is 19.3 Å². The van der Waals surface area contributed by atoms with Crippen LogP contribution in [0.1, 0.15) is 438 Å². The summed E-state index contributed by atoms with van der Waals surface area (Å²) in [7, 11) is 0. The van der Waals surface area contributed by atoms with Gasteiger partial charge in [-0.2, -0.15) is 0 Å². The summed E-state index contributed by atoms with van der Waals surface area (Å²) in [5.41, 5.74) is 0. The minimum Gasteiger partial charge on any atom is -0.462 e. The minimum atomic E-state index is -0.763. The highest BCUT2D eigenvalue weighted by molar-refractivity contribution is 5.71. The van der Waals surface area contributed by atoms with Gasteiger partial charge in [-0.1, -0.05) is 400 Å². The monoisotopic (exact) mass is 1130 g/mol. The summed E-state index contributed by atoms with van der Waals surface area (Å²) in [4.78, 5) is 38.5. The van der Waals surface area contributed by atoms with E-state index < -0.39 is 6.10 Å². The molecule has 0 aromatic heterocycles. The SMILES string of the molecule is CCCCCCCCCCCCCCCCCCCCCCCCCCCCCCC(=O)OCC(COC(=O)CCCCCCCCCCCCCCCCC)OC(=O)CCCCCCCCCCCCCCCCCCCCC. The zero-order valence-corrected chi connectivity index (χ0v) is 54.9. The first kappa shape index (κ1) is 78.4. The largest absolute Gasteiger partial charge is 0.462 e. The predicted molar refractivity (Wildman–Crippen MR) is 349 cm³/mol. The Bertz CT molecular complexity index is 1200. The van der Waals surface area contributed by atoms with Crippen molar-refractivity contribution in [1.82, 2.24) is 0 Å². The first-order chi connectivity index (χ1) is 39.5. The molecule has 0 radical (unpaired) electrons. The van der Waals surface area contributed by atoms with E-state index in [4.69, 9.17) is 14.2 Å². The van der Waals surface area contributed by atoms with E-state index in [0.717, 1.165) is 57.8 Å². The standard InChI is InChI=1S/C74H144O6/c1-4-7-10-13-16-19-22-25-28-30-32-33-34-35-36-37-38-39-40-42-43-46-49-52-55-58-61-64-67-73(76)79-70-71(69-78-72(75)66-63-60-57-54-51-48-45-27-24-21-18-15-12-9-6-3)80-74(77)68-65-62-59-56-53-50-47-44-41-31-29-26-23-20-17-14-11-8-5-2/h71H,4-70H2,1-3H3.